The van der Waals surface area contributed by atoms with E-state index in [1.807, 2.05) is 0 Å². The number of aromatic nitrogens is 3. The van der Waals surface area contributed by atoms with E-state index in [9.17, 15) is 23.5 Å². The van der Waals surface area contributed by atoms with Crippen LogP contribution in [0, 0.1) is 11.6 Å². The monoisotopic (exact) mass is 523 g/mol. The van der Waals surface area contributed by atoms with Crippen molar-refractivity contribution in [2.24, 2.45) is 0 Å². The van der Waals surface area contributed by atoms with Gasteiger partial charge in [0.1, 0.15) is 23.1 Å². The lowest BCUT2D eigenvalue weighted by Crippen LogP contribution is -2.39. The summed E-state index contributed by atoms with van der Waals surface area (Å²) >= 11 is 6.17. The third kappa shape index (κ3) is 4.93. The number of para-hydroxylation sites is 1. The zero-order valence-corrected chi connectivity index (χ0v) is 20.0. The number of hydrogen-bond acceptors (Lipinski definition) is 5. The van der Waals surface area contributed by atoms with E-state index in [2.05, 4.69) is 20.7 Å². The number of aliphatic hydroxyl groups excluding tert-OH is 1. The molecule has 0 saturated heterocycles. The van der Waals surface area contributed by atoms with E-state index in [1.165, 1.54) is 23.0 Å². The highest BCUT2D eigenvalue weighted by Gasteiger charge is 2.44. The van der Waals surface area contributed by atoms with Gasteiger partial charge in [-0.2, -0.15) is 5.10 Å². The molecule has 188 valence electrons. The zero-order valence-electron chi connectivity index (χ0n) is 19.2. The standard InChI is InChI=1S/C26H20ClF2N5O3/c27-18-12-20(29)17(23-19(28)7-4-10-30-23)11-16(18)24(36)31-22-13-21(25(37)32-26(14-35)8-9-26)33-34(22)15-5-2-1-3-6-15/h1-7,10-13,35H,8-9,14H2,(H,31,36)(H,32,37). The van der Waals surface area contributed by atoms with Crippen LogP contribution >= 0.6 is 11.6 Å². The topological polar surface area (TPSA) is 109 Å². The highest BCUT2D eigenvalue weighted by atomic mass is 35.5. The molecule has 2 amide bonds. The molecule has 1 aliphatic carbocycles. The van der Waals surface area contributed by atoms with Crippen LogP contribution in [0.4, 0.5) is 14.6 Å². The summed E-state index contributed by atoms with van der Waals surface area (Å²) in [6.45, 7) is -0.190. The van der Waals surface area contributed by atoms with Crippen molar-refractivity contribution in [3.63, 3.8) is 0 Å². The molecule has 4 aromatic rings. The molecule has 0 unspecified atom stereocenters. The Labute approximate surface area is 214 Å². The minimum Gasteiger partial charge on any atom is -0.394 e. The molecule has 2 aromatic carbocycles. The molecule has 3 N–H and O–H groups in total. The molecule has 1 fully saturated rings. The normalized spacial score (nSPS) is 13.7. The number of pyridine rings is 1. The lowest BCUT2D eigenvalue weighted by atomic mass is 10.1. The van der Waals surface area contributed by atoms with Gasteiger partial charge in [-0.3, -0.25) is 14.6 Å². The molecule has 1 aliphatic rings. The Morgan fingerprint density at radius 2 is 1.78 bits per heavy atom. The van der Waals surface area contributed by atoms with E-state index < -0.39 is 29.0 Å². The number of amides is 2. The molecule has 0 radical (unpaired) electrons. The molecular weight excluding hydrogens is 504 g/mol. The second kappa shape index (κ2) is 9.72. The van der Waals surface area contributed by atoms with Gasteiger partial charge in [0, 0.05) is 17.8 Å². The van der Waals surface area contributed by atoms with E-state index in [1.54, 1.807) is 30.3 Å². The number of anilines is 1. The van der Waals surface area contributed by atoms with Gasteiger partial charge in [-0.15, -0.1) is 0 Å². The maximum Gasteiger partial charge on any atom is 0.272 e. The minimum atomic E-state index is -0.842. The lowest BCUT2D eigenvalue weighted by Gasteiger charge is -2.12. The lowest BCUT2D eigenvalue weighted by molar-refractivity contribution is 0.0900. The summed E-state index contributed by atoms with van der Waals surface area (Å²) in [6, 6.07) is 14.7. The highest BCUT2D eigenvalue weighted by Crippen LogP contribution is 2.35. The van der Waals surface area contributed by atoms with Gasteiger partial charge >= 0.3 is 0 Å². The zero-order chi connectivity index (χ0) is 26.2. The number of rotatable bonds is 7. The van der Waals surface area contributed by atoms with Crippen LogP contribution in [0.15, 0.2) is 66.9 Å². The first-order chi connectivity index (χ1) is 17.8. The molecule has 2 aromatic heterocycles. The van der Waals surface area contributed by atoms with Crippen LogP contribution in [0.2, 0.25) is 5.02 Å². The summed E-state index contributed by atoms with van der Waals surface area (Å²) in [5, 5.41) is 19.1. The Morgan fingerprint density at radius 1 is 1.03 bits per heavy atom. The molecule has 0 atom stereocenters. The van der Waals surface area contributed by atoms with E-state index in [4.69, 9.17) is 11.6 Å². The molecule has 5 rings (SSSR count). The van der Waals surface area contributed by atoms with Gasteiger partial charge in [0.2, 0.25) is 0 Å². The van der Waals surface area contributed by atoms with Crippen LogP contribution in [0.3, 0.4) is 0 Å². The Bertz CT molecular complexity index is 1510. The van der Waals surface area contributed by atoms with Crippen molar-refractivity contribution in [1.82, 2.24) is 20.1 Å². The van der Waals surface area contributed by atoms with Crippen molar-refractivity contribution < 1.29 is 23.5 Å². The number of carbonyl (C=O) groups excluding carboxylic acids is 2. The van der Waals surface area contributed by atoms with Crippen molar-refractivity contribution in [2.45, 2.75) is 18.4 Å². The second-order valence-corrected chi connectivity index (χ2v) is 9.06. The summed E-state index contributed by atoms with van der Waals surface area (Å²) in [5.41, 5.74) is -0.718. The van der Waals surface area contributed by atoms with E-state index in [-0.39, 0.29) is 40.0 Å². The smallest absolute Gasteiger partial charge is 0.272 e. The first-order valence-electron chi connectivity index (χ1n) is 11.3. The van der Waals surface area contributed by atoms with Crippen molar-refractivity contribution in [3.05, 3.63) is 94.8 Å². The van der Waals surface area contributed by atoms with Crippen molar-refractivity contribution in [2.75, 3.05) is 11.9 Å². The third-order valence-corrected chi connectivity index (χ3v) is 6.35. The van der Waals surface area contributed by atoms with Crippen LogP contribution in [0.1, 0.15) is 33.7 Å². The fraction of sp³-hybridized carbons (Fsp3) is 0.154. The van der Waals surface area contributed by atoms with Crippen LogP contribution in [0.5, 0.6) is 0 Å². The van der Waals surface area contributed by atoms with Crippen LogP contribution in [-0.2, 0) is 0 Å². The summed E-state index contributed by atoms with van der Waals surface area (Å²) < 4.78 is 30.3. The molecular formula is C26H20ClF2N5O3. The first kappa shape index (κ1) is 24.5. The van der Waals surface area contributed by atoms with E-state index in [0.29, 0.717) is 18.5 Å². The number of aliphatic hydroxyl groups is 1. The number of hydrogen-bond donors (Lipinski definition) is 3. The maximum atomic E-state index is 14.6. The van der Waals surface area contributed by atoms with E-state index in [0.717, 1.165) is 18.2 Å². The Morgan fingerprint density at radius 3 is 2.46 bits per heavy atom. The van der Waals surface area contributed by atoms with Gasteiger partial charge in [-0.1, -0.05) is 29.8 Å². The van der Waals surface area contributed by atoms with Crippen LogP contribution < -0.4 is 10.6 Å². The first-order valence-corrected chi connectivity index (χ1v) is 11.7. The van der Waals surface area contributed by atoms with Gasteiger partial charge < -0.3 is 15.7 Å². The number of nitrogens with zero attached hydrogens (tertiary/aromatic N) is 3. The van der Waals surface area contributed by atoms with E-state index >= 15 is 0 Å². The number of nitrogens with one attached hydrogen (secondary N) is 2. The SMILES string of the molecule is O=C(NC1(CO)CC1)c1cc(NC(=O)c2cc(-c3ncccc3F)c(F)cc2Cl)n(-c2ccccc2)n1. The largest absolute Gasteiger partial charge is 0.394 e. The molecule has 0 aliphatic heterocycles. The fourth-order valence-electron chi connectivity index (χ4n) is 3.80. The molecule has 8 nitrogen and oxygen atoms in total. The average molecular weight is 524 g/mol. The predicted octanol–water partition coefficient (Wildman–Crippen LogP) is 4.37. The maximum absolute atomic E-state index is 14.6. The molecule has 37 heavy (non-hydrogen) atoms. The number of benzene rings is 2. The Balaban J connectivity index is 1.50. The predicted molar refractivity (Wildman–Crippen MR) is 133 cm³/mol. The average Bonchev–Trinajstić information content (AvgIpc) is 3.54. The van der Waals surface area contributed by atoms with Gasteiger partial charge in [0.15, 0.2) is 5.69 Å². The molecule has 11 heteroatoms. The summed E-state index contributed by atoms with van der Waals surface area (Å²) in [7, 11) is 0. The quantitative estimate of drug-likeness (QED) is 0.333. The van der Waals surface area contributed by atoms with Gasteiger partial charge in [0.05, 0.1) is 28.4 Å². The number of carbonyl (C=O) groups is 2. The van der Waals surface area contributed by atoms with Gasteiger partial charge in [0.25, 0.3) is 11.8 Å². The fourth-order valence-corrected chi connectivity index (χ4v) is 4.03. The number of halogens is 3. The minimum absolute atomic E-state index is 0.0142. The van der Waals surface area contributed by atoms with Crippen molar-refractivity contribution in [3.8, 4) is 16.9 Å². The van der Waals surface area contributed by atoms with Gasteiger partial charge in [-0.25, -0.2) is 13.5 Å². The third-order valence-electron chi connectivity index (χ3n) is 6.03. The van der Waals surface area contributed by atoms with Crippen molar-refractivity contribution >= 4 is 29.2 Å². The van der Waals surface area contributed by atoms with Gasteiger partial charge in [-0.05, 0) is 49.2 Å². The Hall–Kier alpha value is -4.15. The Kier molecular flexibility index (Phi) is 6.45. The second-order valence-electron chi connectivity index (χ2n) is 8.65. The summed E-state index contributed by atoms with van der Waals surface area (Å²) in [4.78, 5) is 30.0. The molecule has 0 spiro atoms. The van der Waals surface area contributed by atoms with Crippen molar-refractivity contribution in [1.29, 1.82) is 0 Å². The summed E-state index contributed by atoms with van der Waals surface area (Å²) in [5.74, 6) is -2.71. The highest BCUT2D eigenvalue weighted by molar-refractivity contribution is 6.34. The molecule has 1 saturated carbocycles. The molecule has 2 heterocycles. The molecule has 0 bridgehead atoms. The van der Waals surface area contributed by atoms with Crippen LogP contribution in [0.25, 0.3) is 16.9 Å². The van der Waals surface area contributed by atoms with Crippen LogP contribution in [-0.4, -0.2) is 43.8 Å². The summed E-state index contributed by atoms with van der Waals surface area (Å²) in [6.07, 6.45) is 2.61.